The zero-order valence-corrected chi connectivity index (χ0v) is 14.4. The van der Waals surface area contributed by atoms with Crippen molar-refractivity contribution in [3.05, 3.63) is 36.4 Å². The first kappa shape index (κ1) is 15.9. The molecule has 0 aliphatic carbocycles. The number of hydrogen-bond donors (Lipinski definition) is 0. The summed E-state index contributed by atoms with van der Waals surface area (Å²) in [6.07, 6.45) is 0. The molecule has 2 aromatic rings. The summed E-state index contributed by atoms with van der Waals surface area (Å²) in [6.45, 7) is 0. The van der Waals surface area contributed by atoms with Crippen LogP contribution in [0.1, 0.15) is 0 Å². The second-order valence-electron chi connectivity index (χ2n) is 4.30. The van der Waals surface area contributed by atoms with Gasteiger partial charge < -0.3 is 4.74 Å². The lowest BCUT2D eigenvalue weighted by atomic mass is 10.3. The Hall–Kier alpha value is -0.930. The van der Waals surface area contributed by atoms with Gasteiger partial charge in [0.15, 0.2) is 0 Å². The molecule has 116 valence electrons. The van der Waals surface area contributed by atoms with Crippen molar-refractivity contribution in [1.29, 1.82) is 0 Å². The molecule has 0 aromatic heterocycles. The quantitative estimate of drug-likeness (QED) is 0.613. The highest BCUT2D eigenvalue weighted by atomic mass is 35.7. The van der Waals surface area contributed by atoms with Crippen LogP contribution in [-0.4, -0.2) is 16.8 Å². The molecule has 5 nitrogen and oxygen atoms in total. The lowest BCUT2D eigenvalue weighted by Gasteiger charge is -2.20. The van der Waals surface area contributed by atoms with E-state index < -0.39 is 18.1 Å². The highest BCUT2D eigenvalue weighted by Gasteiger charge is 2.23. The third-order valence-corrected chi connectivity index (χ3v) is 6.61. The molecule has 3 rings (SSSR count). The lowest BCUT2D eigenvalue weighted by Crippen LogP contribution is -1.99. The normalized spacial score (nSPS) is 13.9. The summed E-state index contributed by atoms with van der Waals surface area (Å²) < 4.78 is 51.1. The minimum Gasteiger partial charge on any atom is -0.455 e. The van der Waals surface area contributed by atoms with Gasteiger partial charge in [-0.1, -0.05) is 11.8 Å². The molecule has 0 atom stereocenters. The van der Waals surface area contributed by atoms with Crippen LogP contribution in [0.15, 0.2) is 56.0 Å². The van der Waals surface area contributed by atoms with Crippen molar-refractivity contribution >= 4 is 51.2 Å². The summed E-state index contributed by atoms with van der Waals surface area (Å²) in [5.74, 6) is 0.922. The summed E-state index contributed by atoms with van der Waals surface area (Å²) in [7, 11) is 2.91. The van der Waals surface area contributed by atoms with Crippen LogP contribution >= 0.6 is 33.1 Å². The Morgan fingerprint density at radius 3 is 1.55 bits per heavy atom. The van der Waals surface area contributed by atoms with Crippen molar-refractivity contribution in [3.63, 3.8) is 0 Å². The molecule has 0 fully saturated rings. The van der Waals surface area contributed by atoms with Crippen LogP contribution in [0.2, 0.25) is 0 Å². The molecule has 0 spiro atoms. The number of halogens is 2. The monoisotopic (exact) mass is 396 g/mol. The van der Waals surface area contributed by atoms with E-state index in [0.29, 0.717) is 21.3 Å². The van der Waals surface area contributed by atoms with E-state index in [2.05, 4.69) is 0 Å². The zero-order valence-electron chi connectivity index (χ0n) is 10.5. The van der Waals surface area contributed by atoms with E-state index in [0.717, 1.165) is 0 Å². The van der Waals surface area contributed by atoms with E-state index in [1.807, 2.05) is 0 Å². The van der Waals surface area contributed by atoms with Crippen molar-refractivity contribution in [3.8, 4) is 11.5 Å². The molecule has 0 radical (unpaired) electrons. The van der Waals surface area contributed by atoms with Crippen LogP contribution in [0.3, 0.4) is 0 Å². The third-order valence-electron chi connectivity index (χ3n) is 2.83. The second-order valence-corrected chi connectivity index (χ2v) is 10.5. The number of fused-ring (bicyclic) bond motifs is 2. The maximum atomic E-state index is 11.4. The Labute approximate surface area is 140 Å². The molecule has 1 heterocycles. The Kier molecular flexibility index (Phi) is 3.85. The summed E-state index contributed by atoms with van der Waals surface area (Å²) in [4.78, 5) is 0.902. The number of ether oxygens (including phenoxy) is 1. The van der Waals surface area contributed by atoms with Crippen LogP contribution in [0.4, 0.5) is 0 Å². The fraction of sp³-hybridized carbons (Fsp3) is 0. The summed E-state index contributed by atoms with van der Waals surface area (Å²) >= 11 is 1.17. The van der Waals surface area contributed by atoms with Crippen molar-refractivity contribution in [2.75, 3.05) is 0 Å². The van der Waals surface area contributed by atoms with Crippen LogP contribution in [0.25, 0.3) is 0 Å². The van der Waals surface area contributed by atoms with Crippen LogP contribution in [0, 0.1) is 0 Å². The van der Waals surface area contributed by atoms with Gasteiger partial charge in [-0.2, -0.15) is 0 Å². The first-order chi connectivity index (χ1) is 10.1. The van der Waals surface area contributed by atoms with E-state index in [4.69, 9.17) is 26.1 Å². The molecule has 0 amide bonds. The van der Waals surface area contributed by atoms with Crippen molar-refractivity contribution < 1.29 is 21.6 Å². The average molecular weight is 397 g/mol. The molecule has 0 N–H and O–H groups in total. The number of rotatable bonds is 2. The largest absolute Gasteiger partial charge is 0.455 e. The van der Waals surface area contributed by atoms with E-state index >= 15 is 0 Å². The molecule has 0 saturated carbocycles. The van der Waals surface area contributed by atoms with Crippen molar-refractivity contribution in [2.45, 2.75) is 19.6 Å². The number of hydrogen-bond acceptors (Lipinski definition) is 6. The Morgan fingerprint density at radius 2 is 1.18 bits per heavy atom. The first-order valence-corrected chi connectivity index (χ1v) is 11.1. The van der Waals surface area contributed by atoms with Gasteiger partial charge >= 0.3 is 0 Å². The molecule has 0 bridgehead atoms. The fourth-order valence-electron chi connectivity index (χ4n) is 1.85. The van der Waals surface area contributed by atoms with E-state index in [9.17, 15) is 16.8 Å². The second kappa shape index (κ2) is 5.31. The van der Waals surface area contributed by atoms with E-state index in [1.165, 1.54) is 48.2 Å². The molecular weight excluding hydrogens is 391 g/mol. The standard InChI is InChI=1S/C12H6Cl2O5S3/c13-21(15,16)7-1-3-9-11(5-7)20-12-6-8(22(14,17)18)2-4-10(12)19-9/h1-6H. The summed E-state index contributed by atoms with van der Waals surface area (Å²) in [5.41, 5.74) is 0. The van der Waals surface area contributed by atoms with Gasteiger partial charge in [0.25, 0.3) is 18.1 Å². The Balaban J connectivity index is 2.08. The van der Waals surface area contributed by atoms with Gasteiger partial charge in [0.05, 0.1) is 19.6 Å². The van der Waals surface area contributed by atoms with Gasteiger partial charge in [-0.3, -0.25) is 0 Å². The van der Waals surface area contributed by atoms with E-state index in [1.54, 1.807) is 0 Å². The molecule has 1 aliphatic heterocycles. The predicted octanol–water partition coefficient (Wildman–Crippen LogP) is 3.80. The Morgan fingerprint density at radius 1 is 0.773 bits per heavy atom. The van der Waals surface area contributed by atoms with Gasteiger partial charge in [0, 0.05) is 21.4 Å². The highest BCUT2D eigenvalue weighted by molar-refractivity contribution is 8.14. The molecular formula is C12H6Cl2O5S3. The van der Waals surface area contributed by atoms with Crippen molar-refractivity contribution in [1.82, 2.24) is 0 Å². The average Bonchev–Trinajstić information content (AvgIpc) is 2.41. The smallest absolute Gasteiger partial charge is 0.261 e. The van der Waals surface area contributed by atoms with Crippen molar-refractivity contribution in [2.24, 2.45) is 0 Å². The minimum atomic E-state index is -3.86. The Bertz CT molecular complexity index is 904. The van der Waals surface area contributed by atoms with Gasteiger partial charge in [-0.25, -0.2) is 16.8 Å². The van der Waals surface area contributed by atoms with Crippen LogP contribution < -0.4 is 4.74 Å². The van der Waals surface area contributed by atoms with Crippen LogP contribution in [-0.2, 0) is 18.1 Å². The van der Waals surface area contributed by atoms with Gasteiger partial charge in [-0.05, 0) is 36.4 Å². The molecule has 22 heavy (non-hydrogen) atoms. The molecule has 0 unspecified atom stereocenters. The molecule has 1 aliphatic rings. The fourth-order valence-corrected chi connectivity index (χ4v) is 4.58. The maximum absolute atomic E-state index is 11.4. The topological polar surface area (TPSA) is 77.5 Å². The van der Waals surface area contributed by atoms with Gasteiger partial charge in [0.2, 0.25) is 0 Å². The zero-order chi connectivity index (χ0) is 16.1. The SMILES string of the molecule is O=S(=O)(Cl)c1ccc2c(c1)Sc1cc(S(=O)(=O)Cl)ccc1O2. The molecule has 0 saturated heterocycles. The third kappa shape index (κ3) is 3.07. The number of benzene rings is 2. The van der Waals surface area contributed by atoms with E-state index in [-0.39, 0.29) is 9.79 Å². The minimum absolute atomic E-state index is 0.0615. The van der Waals surface area contributed by atoms with Gasteiger partial charge in [0.1, 0.15) is 11.5 Å². The van der Waals surface area contributed by atoms with Crippen LogP contribution in [0.5, 0.6) is 11.5 Å². The highest BCUT2D eigenvalue weighted by Crippen LogP contribution is 2.48. The van der Waals surface area contributed by atoms with Gasteiger partial charge in [-0.15, -0.1) is 0 Å². The molecule has 2 aromatic carbocycles. The predicted molar refractivity (Wildman–Crippen MR) is 83.2 cm³/mol. The maximum Gasteiger partial charge on any atom is 0.261 e. The first-order valence-electron chi connectivity index (χ1n) is 5.68. The lowest BCUT2D eigenvalue weighted by molar-refractivity contribution is 0.453. The summed E-state index contributed by atoms with van der Waals surface area (Å²) in [5, 5.41) is 0. The summed E-state index contributed by atoms with van der Waals surface area (Å²) in [6, 6.07) is 8.40. The molecule has 10 heteroatoms.